The van der Waals surface area contributed by atoms with Crippen LogP contribution in [0.1, 0.15) is 20.8 Å². The number of thiophene rings is 1. The normalized spacial score (nSPS) is 11.4. The number of amides is 2. The van der Waals surface area contributed by atoms with E-state index in [-0.39, 0.29) is 22.0 Å². The maximum absolute atomic E-state index is 12.7. The average molecular weight is 456 g/mol. The molecular formula is C22H18ClN3O4S. The maximum atomic E-state index is 12.7. The van der Waals surface area contributed by atoms with Crippen molar-refractivity contribution in [2.45, 2.75) is 0 Å². The van der Waals surface area contributed by atoms with E-state index in [0.29, 0.717) is 11.3 Å². The lowest BCUT2D eigenvalue weighted by Crippen LogP contribution is -2.32. The first-order valence-electron chi connectivity index (χ1n) is 8.99. The van der Waals surface area contributed by atoms with Crippen molar-refractivity contribution in [3.05, 3.63) is 86.7 Å². The number of nitrogens with one attached hydrogen (secondary N) is 2. The number of ether oxygens (including phenoxy) is 1. The van der Waals surface area contributed by atoms with Crippen LogP contribution >= 0.6 is 22.9 Å². The summed E-state index contributed by atoms with van der Waals surface area (Å²) in [5, 5.41) is 18.5. The van der Waals surface area contributed by atoms with Gasteiger partial charge in [-0.25, -0.2) is 5.43 Å². The molecule has 1 heterocycles. The lowest BCUT2D eigenvalue weighted by atomic mass is 10.2. The summed E-state index contributed by atoms with van der Waals surface area (Å²) in [7, 11) is 1.50. The second-order valence-corrected chi connectivity index (χ2v) is 7.52. The van der Waals surface area contributed by atoms with Crippen LogP contribution in [0.25, 0.3) is 6.08 Å². The second kappa shape index (κ2) is 10.4. The third kappa shape index (κ3) is 5.94. The van der Waals surface area contributed by atoms with Crippen LogP contribution in [0.15, 0.2) is 70.8 Å². The summed E-state index contributed by atoms with van der Waals surface area (Å²) in [6, 6.07) is 14.8. The van der Waals surface area contributed by atoms with E-state index in [2.05, 4.69) is 15.8 Å². The fourth-order valence-corrected chi connectivity index (χ4v) is 3.37. The fraction of sp³-hybridized carbons (Fsp3) is 0.0455. The molecule has 0 bridgehead atoms. The SMILES string of the molecule is COc1ccc(O)c(C=NNC(=O)/C(=C\c2cccs2)NC(=O)c2ccccc2Cl)c1. The molecule has 158 valence electrons. The Morgan fingerprint density at radius 3 is 2.68 bits per heavy atom. The Bertz CT molecular complexity index is 1140. The third-order valence-corrected chi connectivity index (χ3v) is 5.19. The minimum Gasteiger partial charge on any atom is -0.507 e. The van der Waals surface area contributed by atoms with Crippen LogP contribution in [0.5, 0.6) is 11.5 Å². The van der Waals surface area contributed by atoms with Gasteiger partial charge < -0.3 is 15.2 Å². The molecule has 1 aromatic heterocycles. The molecule has 0 spiro atoms. The number of benzene rings is 2. The number of carbonyl (C=O) groups is 2. The van der Waals surface area contributed by atoms with Crippen molar-refractivity contribution >= 4 is 47.0 Å². The zero-order chi connectivity index (χ0) is 22.2. The molecule has 3 rings (SSSR count). The summed E-state index contributed by atoms with van der Waals surface area (Å²) >= 11 is 7.48. The lowest BCUT2D eigenvalue weighted by molar-refractivity contribution is -0.117. The summed E-state index contributed by atoms with van der Waals surface area (Å²) in [4.78, 5) is 26.1. The summed E-state index contributed by atoms with van der Waals surface area (Å²) in [6.45, 7) is 0. The van der Waals surface area contributed by atoms with E-state index < -0.39 is 11.8 Å². The number of nitrogens with zero attached hydrogens (tertiary/aromatic N) is 1. The number of phenolic OH excluding ortho intramolecular Hbond substituents is 1. The number of rotatable bonds is 7. The van der Waals surface area contributed by atoms with Gasteiger partial charge in [-0.15, -0.1) is 11.3 Å². The second-order valence-electron chi connectivity index (χ2n) is 6.13. The van der Waals surface area contributed by atoms with Gasteiger partial charge in [-0.05, 0) is 47.9 Å². The van der Waals surface area contributed by atoms with Crippen LogP contribution in [-0.2, 0) is 4.79 Å². The largest absolute Gasteiger partial charge is 0.507 e. The van der Waals surface area contributed by atoms with Gasteiger partial charge in [0.2, 0.25) is 0 Å². The molecule has 0 atom stereocenters. The van der Waals surface area contributed by atoms with Crippen molar-refractivity contribution in [2.24, 2.45) is 5.10 Å². The molecule has 0 fully saturated rings. The Labute approximate surface area is 187 Å². The van der Waals surface area contributed by atoms with Crippen molar-refractivity contribution in [3.8, 4) is 11.5 Å². The molecular weight excluding hydrogens is 438 g/mol. The van der Waals surface area contributed by atoms with Gasteiger partial charge in [0.05, 0.1) is 23.9 Å². The van der Waals surface area contributed by atoms with Gasteiger partial charge in [0.15, 0.2) is 0 Å². The molecule has 2 amide bonds. The number of hydrazone groups is 1. The summed E-state index contributed by atoms with van der Waals surface area (Å²) in [6.07, 6.45) is 2.81. The van der Waals surface area contributed by atoms with Gasteiger partial charge in [0.25, 0.3) is 11.8 Å². The van der Waals surface area contributed by atoms with Crippen LogP contribution in [-0.4, -0.2) is 30.2 Å². The monoisotopic (exact) mass is 455 g/mol. The topological polar surface area (TPSA) is 100 Å². The van der Waals surface area contributed by atoms with E-state index in [1.165, 1.54) is 36.8 Å². The van der Waals surface area contributed by atoms with Crippen LogP contribution in [0.3, 0.4) is 0 Å². The van der Waals surface area contributed by atoms with Crippen molar-refractivity contribution in [1.82, 2.24) is 10.7 Å². The third-order valence-electron chi connectivity index (χ3n) is 4.05. The summed E-state index contributed by atoms with van der Waals surface area (Å²) in [5.41, 5.74) is 2.92. The number of hydrogen-bond donors (Lipinski definition) is 3. The highest BCUT2D eigenvalue weighted by atomic mass is 35.5. The first kappa shape index (κ1) is 22.1. The van der Waals surface area contributed by atoms with E-state index in [4.69, 9.17) is 16.3 Å². The van der Waals surface area contributed by atoms with Crippen molar-refractivity contribution in [2.75, 3.05) is 7.11 Å². The Hall–Kier alpha value is -3.62. The first-order valence-corrected chi connectivity index (χ1v) is 10.2. The zero-order valence-electron chi connectivity index (χ0n) is 16.3. The van der Waals surface area contributed by atoms with Crippen LogP contribution < -0.4 is 15.5 Å². The van der Waals surface area contributed by atoms with E-state index in [0.717, 1.165) is 4.88 Å². The number of hydrogen-bond acceptors (Lipinski definition) is 6. The summed E-state index contributed by atoms with van der Waals surface area (Å²) in [5.74, 6) is -0.679. The number of methoxy groups -OCH3 is 1. The Balaban J connectivity index is 1.79. The Morgan fingerprint density at radius 1 is 1.16 bits per heavy atom. The van der Waals surface area contributed by atoms with Crippen molar-refractivity contribution in [3.63, 3.8) is 0 Å². The number of aromatic hydroxyl groups is 1. The molecule has 3 N–H and O–H groups in total. The van der Waals surface area contributed by atoms with E-state index in [1.54, 1.807) is 42.5 Å². The van der Waals surface area contributed by atoms with Crippen LogP contribution in [0.2, 0.25) is 5.02 Å². The molecule has 31 heavy (non-hydrogen) atoms. The number of halogens is 1. The molecule has 0 aliphatic heterocycles. The summed E-state index contributed by atoms with van der Waals surface area (Å²) < 4.78 is 5.10. The Kier molecular flexibility index (Phi) is 7.42. The molecule has 0 saturated heterocycles. The number of phenols is 1. The average Bonchev–Trinajstić information content (AvgIpc) is 3.28. The quantitative estimate of drug-likeness (QED) is 0.284. The molecule has 0 radical (unpaired) electrons. The molecule has 0 unspecified atom stereocenters. The van der Waals surface area contributed by atoms with Crippen LogP contribution in [0, 0.1) is 0 Å². The van der Waals surface area contributed by atoms with Gasteiger partial charge in [0, 0.05) is 10.4 Å². The van der Waals surface area contributed by atoms with Crippen molar-refractivity contribution < 1.29 is 19.4 Å². The lowest BCUT2D eigenvalue weighted by Gasteiger charge is -2.09. The fourth-order valence-electron chi connectivity index (χ4n) is 2.49. The molecule has 3 aromatic rings. The van der Waals surface area contributed by atoms with Gasteiger partial charge in [0.1, 0.15) is 17.2 Å². The highest BCUT2D eigenvalue weighted by molar-refractivity contribution is 7.10. The maximum Gasteiger partial charge on any atom is 0.287 e. The van der Waals surface area contributed by atoms with Gasteiger partial charge in [-0.2, -0.15) is 5.10 Å². The van der Waals surface area contributed by atoms with Gasteiger partial charge >= 0.3 is 0 Å². The van der Waals surface area contributed by atoms with E-state index >= 15 is 0 Å². The minimum atomic E-state index is -0.646. The van der Waals surface area contributed by atoms with Crippen LogP contribution in [0.4, 0.5) is 0 Å². The van der Waals surface area contributed by atoms with Crippen molar-refractivity contribution in [1.29, 1.82) is 0 Å². The van der Waals surface area contributed by atoms with Gasteiger partial charge in [-0.3, -0.25) is 9.59 Å². The molecule has 2 aromatic carbocycles. The van der Waals surface area contributed by atoms with E-state index in [1.807, 2.05) is 11.4 Å². The number of carbonyl (C=O) groups excluding carboxylic acids is 2. The minimum absolute atomic E-state index is 0.0145. The first-order chi connectivity index (χ1) is 15.0. The highest BCUT2D eigenvalue weighted by Gasteiger charge is 2.16. The predicted molar refractivity (Wildman–Crippen MR) is 122 cm³/mol. The zero-order valence-corrected chi connectivity index (χ0v) is 17.9. The Morgan fingerprint density at radius 2 is 1.97 bits per heavy atom. The molecule has 0 aliphatic carbocycles. The molecule has 7 nitrogen and oxygen atoms in total. The highest BCUT2D eigenvalue weighted by Crippen LogP contribution is 2.21. The standard InChI is InChI=1S/C22H18ClN3O4S/c1-30-15-8-9-20(27)14(11-15)13-24-26-22(29)19(12-16-5-4-10-31-16)25-21(28)17-6-2-3-7-18(17)23/h2-13,27H,1H3,(H,25,28)(H,26,29)/b19-12+,24-13?. The molecule has 0 aliphatic rings. The predicted octanol–water partition coefficient (Wildman–Crippen LogP) is 4.04. The van der Waals surface area contributed by atoms with E-state index in [9.17, 15) is 14.7 Å². The molecule has 9 heteroatoms. The van der Waals surface area contributed by atoms with Gasteiger partial charge in [-0.1, -0.05) is 29.8 Å². The smallest absolute Gasteiger partial charge is 0.287 e. The molecule has 0 saturated carbocycles.